The van der Waals surface area contributed by atoms with Crippen LogP contribution in [0.1, 0.15) is 48.9 Å². The van der Waals surface area contributed by atoms with Gasteiger partial charge in [-0.25, -0.2) is 0 Å². The van der Waals surface area contributed by atoms with Crippen LogP contribution in [0.5, 0.6) is 0 Å². The molecule has 0 spiro atoms. The molecule has 112 valence electrons. The van der Waals surface area contributed by atoms with Crippen LogP contribution in [0.2, 0.25) is 0 Å². The van der Waals surface area contributed by atoms with Gasteiger partial charge in [0.05, 0.1) is 6.04 Å². The second-order valence-electron chi connectivity index (χ2n) is 5.99. The van der Waals surface area contributed by atoms with Crippen molar-refractivity contribution in [2.45, 2.75) is 52.1 Å². The predicted octanol–water partition coefficient (Wildman–Crippen LogP) is 3.86. The monoisotopic (exact) mass is 358 g/mol. The molecule has 1 aliphatic heterocycles. The molecule has 2 rings (SSSR count). The van der Waals surface area contributed by atoms with E-state index < -0.39 is 0 Å². The van der Waals surface area contributed by atoms with Crippen molar-refractivity contribution in [3.05, 3.63) is 20.3 Å². The number of nitrogens with two attached hydrogens (primary N) is 1. The average molecular weight is 359 g/mol. The molecule has 0 aliphatic carbocycles. The summed E-state index contributed by atoms with van der Waals surface area (Å²) < 4.78 is 1.12. The van der Waals surface area contributed by atoms with Crippen molar-refractivity contribution in [2.75, 3.05) is 6.54 Å². The Kier molecular flexibility index (Phi) is 5.26. The first-order valence-electron chi connectivity index (χ1n) is 7.21. The van der Waals surface area contributed by atoms with Gasteiger partial charge < -0.3 is 10.6 Å². The molecule has 1 aromatic heterocycles. The number of likely N-dealkylation sites (tertiary alicyclic amines) is 1. The number of thiophene rings is 1. The van der Waals surface area contributed by atoms with Gasteiger partial charge in [0.25, 0.3) is 0 Å². The molecule has 2 heterocycles. The van der Waals surface area contributed by atoms with Gasteiger partial charge in [-0.1, -0.05) is 13.8 Å². The summed E-state index contributed by atoms with van der Waals surface area (Å²) in [5, 5.41) is 0. The van der Waals surface area contributed by atoms with Gasteiger partial charge in [0.15, 0.2) is 0 Å². The zero-order valence-electron chi connectivity index (χ0n) is 12.4. The standard InChI is InChI=1S/C15H23BrN2OS/c1-9(2)8-18-14(19)6-4-5-12(17)15(18)13-7-11(16)10(3)20-13/h7,9,12,15H,4-6,8,17H2,1-3H3. The highest BCUT2D eigenvalue weighted by molar-refractivity contribution is 9.10. The number of rotatable bonds is 3. The fraction of sp³-hybridized carbons (Fsp3) is 0.667. The Bertz CT molecular complexity index is 467. The number of aryl methyl sites for hydroxylation is 1. The van der Waals surface area contributed by atoms with E-state index in [4.69, 9.17) is 5.73 Å². The molecule has 1 amide bonds. The first-order chi connectivity index (χ1) is 9.40. The Balaban J connectivity index is 2.37. The fourth-order valence-electron chi connectivity index (χ4n) is 2.78. The van der Waals surface area contributed by atoms with E-state index in [-0.39, 0.29) is 18.0 Å². The molecule has 2 unspecified atom stereocenters. The first-order valence-corrected chi connectivity index (χ1v) is 8.82. The van der Waals surface area contributed by atoms with Crippen LogP contribution in [-0.2, 0) is 4.79 Å². The minimum atomic E-state index is 0.0300. The second-order valence-corrected chi connectivity index (χ2v) is 8.14. The van der Waals surface area contributed by atoms with Crippen molar-refractivity contribution in [3.63, 3.8) is 0 Å². The maximum Gasteiger partial charge on any atom is 0.223 e. The van der Waals surface area contributed by atoms with Crippen molar-refractivity contribution in [1.29, 1.82) is 0 Å². The summed E-state index contributed by atoms with van der Waals surface area (Å²) in [6.07, 6.45) is 2.44. The summed E-state index contributed by atoms with van der Waals surface area (Å²) in [5.74, 6) is 0.704. The Morgan fingerprint density at radius 2 is 2.25 bits per heavy atom. The molecule has 2 N–H and O–H groups in total. The zero-order valence-corrected chi connectivity index (χ0v) is 14.8. The van der Waals surface area contributed by atoms with Gasteiger partial charge in [-0.3, -0.25) is 4.79 Å². The Morgan fingerprint density at radius 3 is 2.80 bits per heavy atom. The molecule has 2 atom stereocenters. The quantitative estimate of drug-likeness (QED) is 0.891. The van der Waals surface area contributed by atoms with Gasteiger partial charge in [0.2, 0.25) is 5.91 Å². The van der Waals surface area contributed by atoms with Crippen LogP contribution in [0.25, 0.3) is 0 Å². The third-order valence-corrected chi connectivity index (χ3v) is 5.93. The topological polar surface area (TPSA) is 46.3 Å². The van der Waals surface area contributed by atoms with E-state index in [0.29, 0.717) is 12.3 Å². The maximum atomic E-state index is 12.4. The van der Waals surface area contributed by atoms with E-state index in [1.807, 2.05) is 4.90 Å². The minimum absolute atomic E-state index is 0.0300. The van der Waals surface area contributed by atoms with E-state index >= 15 is 0 Å². The molecule has 0 radical (unpaired) electrons. The lowest BCUT2D eigenvalue weighted by Gasteiger charge is -2.34. The number of carbonyl (C=O) groups is 1. The molecule has 0 bridgehead atoms. The Hall–Kier alpha value is -0.390. The van der Waals surface area contributed by atoms with Gasteiger partial charge in [-0.2, -0.15) is 0 Å². The normalized spacial score (nSPS) is 24.3. The van der Waals surface area contributed by atoms with Crippen LogP contribution in [0, 0.1) is 12.8 Å². The number of carbonyl (C=O) groups excluding carboxylic acids is 1. The van der Waals surface area contributed by atoms with Gasteiger partial charge in [0.1, 0.15) is 0 Å². The van der Waals surface area contributed by atoms with Gasteiger partial charge in [-0.05, 0) is 47.7 Å². The molecule has 0 saturated carbocycles. The number of nitrogens with zero attached hydrogens (tertiary/aromatic N) is 1. The van der Waals surface area contributed by atoms with Crippen LogP contribution < -0.4 is 5.73 Å². The van der Waals surface area contributed by atoms with Crippen molar-refractivity contribution < 1.29 is 4.79 Å². The van der Waals surface area contributed by atoms with Crippen molar-refractivity contribution in [1.82, 2.24) is 4.90 Å². The smallest absolute Gasteiger partial charge is 0.223 e. The molecule has 0 aromatic carbocycles. The lowest BCUT2D eigenvalue weighted by atomic mass is 10.0. The van der Waals surface area contributed by atoms with Crippen molar-refractivity contribution >= 4 is 33.2 Å². The Labute approximate surface area is 133 Å². The van der Waals surface area contributed by atoms with E-state index in [1.54, 1.807) is 11.3 Å². The van der Waals surface area contributed by atoms with Crippen LogP contribution in [0.4, 0.5) is 0 Å². The summed E-state index contributed by atoms with van der Waals surface area (Å²) in [6.45, 7) is 7.17. The molecular weight excluding hydrogens is 336 g/mol. The van der Waals surface area contributed by atoms with Crippen molar-refractivity contribution in [2.24, 2.45) is 11.7 Å². The van der Waals surface area contributed by atoms with E-state index in [0.717, 1.165) is 23.9 Å². The molecule has 3 nitrogen and oxygen atoms in total. The van der Waals surface area contributed by atoms with Gasteiger partial charge in [-0.15, -0.1) is 11.3 Å². The highest BCUT2D eigenvalue weighted by Gasteiger charge is 2.34. The van der Waals surface area contributed by atoms with Crippen LogP contribution in [-0.4, -0.2) is 23.4 Å². The van der Waals surface area contributed by atoms with Crippen LogP contribution in [0.3, 0.4) is 0 Å². The van der Waals surface area contributed by atoms with Gasteiger partial charge >= 0.3 is 0 Å². The van der Waals surface area contributed by atoms with E-state index in [1.165, 1.54) is 9.75 Å². The van der Waals surface area contributed by atoms with Crippen LogP contribution >= 0.6 is 27.3 Å². The van der Waals surface area contributed by atoms with Gasteiger partial charge in [0, 0.05) is 33.2 Å². The summed E-state index contributed by atoms with van der Waals surface area (Å²) >= 11 is 5.32. The highest BCUT2D eigenvalue weighted by Crippen LogP contribution is 2.37. The molecule has 20 heavy (non-hydrogen) atoms. The number of hydrogen-bond acceptors (Lipinski definition) is 3. The largest absolute Gasteiger partial charge is 0.333 e. The molecular formula is C15H23BrN2OS. The SMILES string of the molecule is Cc1sc(C2C(N)CCCC(=O)N2CC(C)C)cc1Br. The third-order valence-electron chi connectivity index (χ3n) is 3.72. The lowest BCUT2D eigenvalue weighted by molar-refractivity contribution is -0.133. The lowest BCUT2D eigenvalue weighted by Crippen LogP contribution is -2.43. The predicted molar refractivity (Wildman–Crippen MR) is 87.9 cm³/mol. The molecule has 1 fully saturated rings. The average Bonchev–Trinajstić information content (AvgIpc) is 2.60. The highest BCUT2D eigenvalue weighted by atomic mass is 79.9. The minimum Gasteiger partial charge on any atom is -0.333 e. The third kappa shape index (κ3) is 3.43. The van der Waals surface area contributed by atoms with E-state index in [9.17, 15) is 4.79 Å². The number of amides is 1. The Morgan fingerprint density at radius 1 is 1.55 bits per heavy atom. The molecule has 5 heteroatoms. The summed E-state index contributed by atoms with van der Waals surface area (Å²) in [6, 6.07) is 2.20. The summed E-state index contributed by atoms with van der Waals surface area (Å²) in [7, 11) is 0. The maximum absolute atomic E-state index is 12.4. The van der Waals surface area contributed by atoms with Crippen LogP contribution in [0.15, 0.2) is 10.5 Å². The van der Waals surface area contributed by atoms with E-state index in [2.05, 4.69) is 42.8 Å². The summed E-state index contributed by atoms with van der Waals surface area (Å²) in [4.78, 5) is 16.9. The molecule has 1 saturated heterocycles. The molecule has 1 aromatic rings. The van der Waals surface area contributed by atoms with Crippen molar-refractivity contribution in [3.8, 4) is 0 Å². The fourth-order valence-corrected chi connectivity index (χ4v) is 4.53. The summed E-state index contributed by atoms with van der Waals surface area (Å²) in [5.41, 5.74) is 6.40. The zero-order chi connectivity index (χ0) is 14.9. The number of halogens is 1. The second kappa shape index (κ2) is 6.58. The first kappa shape index (κ1) is 16.0. The molecule has 1 aliphatic rings. The number of hydrogen-bond donors (Lipinski definition) is 1.